The summed E-state index contributed by atoms with van der Waals surface area (Å²) in [4.78, 5) is 99.1. The molecule has 15 aliphatic heterocycles. The number of fused-ring (bicyclic) bond motifs is 14. The highest BCUT2D eigenvalue weighted by Gasteiger charge is 2.60. The Hall–Kier alpha value is -4.93. The second kappa shape index (κ2) is 28.3. The fourth-order valence-electron chi connectivity index (χ4n) is 20.6. The Bertz CT molecular complexity index is 2690. The van der Waals surface area contributed by atoms with Crippen LogP contribution in [0.25, 0.3) is 0 Å². The zero-order valence-electron chi connectivity index (χ0n) is 54.1. The van der Waals surface area contributed by atoms with Crippen LogP contribution in [0, 0.1) is 81.8 Å². The smallest absolute Gasteiger partial charge is 0.312 e. The molecule has 0 amide bonds. The van der Waals surface area contributed by atoms with Gasteiger partial charge in [0.25, 0.3) is 0 Å². The Labute approximate surface area is 544 Å². The van der Waals surface area contributed by atoms with Crippen molar-refractivity contribution >= 4 is 53.7 Å². The van der Waals surface area contributed by atoms with E-state index in [1.807, 2.05) is 0 Å². The summed E-state index contributed by atoms with van der Waals surface area (Å²) in [7, 11) is 0. The first kappa shape index (κ1) is 65.4. The second-order valence-electron chi connectivity index (χ2n) is 31.1. The summed E-state index contributed by atoms with van der Waals surface area (Å²) in [6.45, 7) is 3.03. The lowest BCUT2D eigenvalue weighted by molar-refractivity contribution is -0.170. The largest absolute Gasteiger partial charge is 0.465 e. The summed E-state index contributed by atoms with van der Waals surface area (Å²) in [5.41, 5.74) is -0.0266. The third-order valence-corrected chi connectivity index (χ3v) is 25.5. The molecule has 19 unspecified atom stereocenters. The Morgan fingerprint density at radius 2 is 1.09 bits per heavy atom. The summed E-state index contributed by atoms with van der Waals surface area (Å²) < 4.78 is 66.5. The van der Waals surface area contributed by atoms with Crippen LogP contribution in [0.15, 0.2) is 0 Å². The van der Waals surface area contributed by atoms with E-state index in [2.05, 4.69) is 0 Å². The van der Waals surface area contributed by atoms with Crippen molar-refractivity contribution < 1.29 is 105 Å². The van der Waals surface area contributed by atoms with Crippen molar-refractivity contribution in [2.45, 2.75) is 273 Å². The fraction of sp³-hybridized carbons (Fsp3) is 0.873. The molecule has 25 rings (SSSR count). The fourth-order valence-corrected chi connectivity index (χ4v) is 20.6. The quantitative estimate of drug-likeness (QED) is 0.162. The van der Waals surface area contributed by atoms with Gasteiger partial charge in [-0.15, -0.1) is 0 Å². The summed E-state index contributed by atoms with van der Waals surface area (Å²) in [6.07, 6.45) is 36.6. The number of hydrogen-bond donors (Lipinski definition) is 0. The topological polar surface area (TPSA) is 274 Å². The molecule has 15 saturated heterocycles. The SMILES string of the molecule is O=C1CC2CCCC2O1.O=C1CC2OC3OCOC3C2O1.O=C1CC2OCCC2O1.O=C1OC2CC3CC(C2)CC1C3.O=C1OC2CC3CC2CC13.O=C1OC2CCC1CC2.O=C1OCC2CCCC12.O=C1OCCC12CC1CCC2C1.O=C1OCCC12CCCCC2. The van der Waals surface area contributed by atoms with Crippen LogP contribution in [0.2, 0.25) is 0 Å². The molecule has 22 nitrogen and oxygen atoms in total. The molecule has 0 aromatic heterocycles. The van der Waals surface area contributed by atoms with Crippen molar-refractivity contribution in [3.8, 4) is 0 Å². The third-order valence-electron chi connectivity index (χ3n) is 25.5. The van der Waals surface area contributed by atoms with Crippen molar-refractivity contribution in [3.63, 3.8) is 0 Å². The summed E-state index contributed by atoms with van der Waals surface area (Å²) in [6, 6.07) is 0. The molecule has 25 aliphatic rings. The van der Waals surface area contributed by atoms with E-state index in [0.717, 1.165) is 139 Å². The monoisotopic (exact) mass is 1300 g/mol. The molecule has 2 spiro atoms. The molecule has 0 aromatic carbocycles. The van der Waals surface area contributed by atoms with Crippen molar-refractivity contribution in [2.75, 3.05) is 33.2 Å². The predicted molar refractivity (Wildman–Crippen MR) is 320 cm³/mol. The number of carbonyl (C=O) groups excluding carboxylic acids is 9. The molecule has 514 valence electrons. The molecule has 25 fully saturated rings. The van der Waals surface area contributed by atoms with E-state index < -0.39 is 0 Å². The number of hydrogen-bond acceptors (Lipinski definition) is 22. The van der Waals surface area contributed by atoms with Crippen LogP contribution in [-0.4, -0.2) is 148 Å². The van der Waals surface area contributed by atoms with Gasteiger partial charge in [0.2, 0.25) is 0 Å². The highest BCUT2D eigenvalue weighted by molar-refractivity contribution is 5.80. The van der Waals surface area contributed by atoms with Crippen LogP contribution in [0.4, 0.5) is 0 Å². The Morgan fingerprint density at radius 1 is 0.366 bits per heavy atom. The number of cyclic esters (lactones) is 3. The maximum Gasteiger partial charge on any atom is 0.312 e. The van der Waals surface area contributed by atoms with Gasteiger partial charge < -0.3 is 61.6 Å². The molecule has 19 atom stereocenters. The van der Waals surface area contributed by atoms with E-state index >= 15 is 0 Å². The van der Waals surface area contributed by atoms with Gasteiger partial charge in [-0.05, 0) is 190 Å². The predicted octanol–water partition coefficient (Wildman–Crippen LogP) is 8.97. The number of esters is 9. The van der Waals surface area contributed by atoms with Gasteiger partial charge in [0, 0.05) is 18.3 Å². The number of rotatable bonds is 0. The van der Waals surface area contributed by atoms with Gasteiger partial charge in [-0.2, -0.15) is 0 Å². The Kier molecular flexibility index (Phi) is 19.9. The first-order valence-corrected chi connectivity index (χ1v) is 36.3. The maximum atomic E-state index is 11.6. The minimum absolute atomic E-state index is 0.00289. The van der Waals surface area contributed by atoms with E-state index in [0.29, 0.717) is 80.9 Å². The lowest BCUT2D eigenvalue weighted by Crippen LogP contribution is -2.39. The van der Waals surface area contributed by atoms with Gasteiger partial charge in [-0.25, -0.2) is 0 Å². The highest BCUT2D eigenvalue weighted by atomic mass is 16.8. The average Bonchev–Trinajstić information content (AvgIpc) is 1.61. The highest BCUT2D eigenvalue weighted by Crippen LogP contribution is 2.60. The average molecular weight is 1300 g/mol. The minimum Gasteiger partial charge on any atom is -0.465 e. The summed E-state index contributed by atoms with van der Waals surface area (Å²) in [5.74, 6) is 7.06. The van der Waals surface area contributed by atoms with Gasteiger partial charge in [0.1, 0.15) is 42.7 Å². The first-order valence-electron chi connectivity index (χ1n) is 36.3. The van der Waals surface area contributed by atoms with Crippen LogP contribution in [0.5, 0.6) is 0 Å². The van der Waals surface area contributed by atoms with Gasteiger partial charge >= 0.3 is 53.7 Å². The molecule has 0 aromatic rings. The van der Waals surface area contributed by atoms with Crippen LogP contribution in [0.1, 0.15) is 212 Å². The van der Waals surface area contributed by atoms with Gasteiger partial charge in [-0.3, -0.25) is 43.2 Å². The van der Waals surface area contributed by atoms with Gasteiger partial charge in [0.05, 0.1) is 80.2 Å². The number of ether oxygens (including phenoxy) is 13. The number of carbonyl (C=O) groups is 9. The van der Waals surface area contributed by atoms with E-state index in [1.54, 1.807) is 0 Å². The lowest BCUT2D eigenvalue weighted by Gasteiger charge is -2.35. The maximum absolute atomic E-state index is 11.6. The van der Waals surface area contributed by atoms with Gasteiger partial charge in [0.15, 0.2) is 25.3 Å². The molecule has 15 heterocycles. The van der Waals surface area contributed by atoms with E-state index in [1.165, 1.54) is 83.5 Å². The van der Waals surface area contributed by atoms with Crippen LogP contribution in [-0.2, 0) is 105 Å². The summed E-state index contributed by atoms with van der Waals surface area (Å²) >= 11 is 0. The van der Waals surface area contributed by atoms with Crippen molar-refractivity contribution in [2.24, 2.45) is 81.8 Å². The molecule has 93 heavy (non-hydrogen) atoms. The normalized spacial score (nSPS) is 44.7. The first-order chi connectivity index (χ1) is 45.1. The standard InChI is InChI=1S/2C10H14O2.C9H14O2.C8H10O2.C7H8O5.3C7H10O2.C6H8O3/c11-10-8-2-6-1-7(3-8)5-9(4-6)12-10;11-9-10(3-4-12-9)6-7-1-2-8(10)5-7;10-8-9(6-7-11-8)4-2-1-3-5-9;9-8-6-2-5-1-4(6)3-7(5)10-8;8-4-1-3-5(12-4)6-7(11-3)10-2-9-6;8-7-5-1-3-6(9-7)4-2-5;8-7-6-3-1-2-5(6)4-9-7;8-7-4-5-2-1-3-6(5)9-7;7-6-3-5-4(9-6)1-2-8-5/h6-9H,1-5H2;7-8H,1-6H2;1-7H2;4-7H,1-3H2;3,5-7H,1-2H2;3*5-6H,1-4H2;4-5H,1-3H2. The molecular formula is C71H98O22. The van der Waals surface area contributed by atoms with E-state index in [-0.39, 0.29) is 138 Å². The van der Waals surface area contributed by atoms with Crippen LogP contribution < -0.4 is 0 Å². The molecule has 0 N–H and O–H groups in total. The van der Waals surface area contributed by atoms with Crippen molar-refractivity contribution in [1.82, 2.24) is 0 Å². The molecular weight excluding hydrogens is 1200 g/mol. The minimum atomic E-state index is -0.326. The Morgan fingerprint density at radius 3 is 1.72 bits per heavy atom. The molecule has 22 heteroatoms. The Balaban J connectivity index is 0.0000000909. The summed E-state index contributed by atoms with van der Waals surface area (Å²) in [5, 5.41) is 0. The molecule has 12 bridgehead atoms. The molecule has 10 aliphatic carbocycles. The van der Waals surface area contributed by atoms with Crippen LogP contribution >= 0.6 is 0 Å². The van der Waals surface area contributed by atoms with E-state index in [9.17, 15) is 43.2 Å². The second-order valence-corrected chi connectivity index (χ2v) is 31.1. The zero-order valence-corrected chi connectivity index (χ0v) is 54.1. The van der Waals surface area contributed by atoms with Crippen molar-refractivity contribution in [1.29, 1.82) is 0 Å². The molecule has 10 saturated carbocycles. The lowest BCUT2D eigenvalue weighted by atomic mass is 9.68. The van der Waals surface area contributed by atoms with E-state index in [4.69, 9.17) is 61.6 Å². The van der Waals surface area contributed by atoms with Crippen molar-refractivity contribution in [3.05, 3.63) is 0 Å². The zero-order chi connectivity index (χ0) is 64.0. The third kappa shape index (κ3) is 14.3. The van der Waals surface area contributed by atoms with Crippen LogP contribution in [0.3, 0.4) is 0 Å². The van der Waals surface area contributed by atoms with Gasteiger partial charge in [-0.1, -0.05) is 32.1 Å². The molecule has 0 radical (unpaired) electrons.